The highest BCUT2D eigenvalue weighted by atomic mass is 32.1. The number of carbonyl (C=O) groups is 1. The lowest BCUT2D eigenvalue weighted by Gasteiger charge is -2.35. The van der Waals surface area contributed by atoms with Crippen LogP contribution in [0, 0.1) is 6.92 Å². The van der Waals surface area contributed by atoms with E-state index in [4.69, 9.17) is 0 Å². The van der Waals surface area contributed by atoms with E-state index in [0.29, 0.717) is 11.7 Å². The summed E-state index contributed by atoms with van der Waals surface area (Å²) in [7, 11) is 0. The Morgan fingerprint density at radius 2 is 1.89 bits per heavy atom. The van der Waals surface area contributed by atoms with Crippen molar-refractivity contribution in [1.82, 2.24) is 15.1 Å². The lowest BCUT2D eigenvalue weighted by atomic mass is 9.92. The SMILES string of the molecule is Cc1ccc(-c2n[nH]c3c2C(c2cccs2)N(C2CCCCC2)C3=O)cc1. The molecular weight excluding hydrogens is 354 g/mol. The third-order valence-electron chi connectivity index (χ3n) is 5.91. The van der Waals surface area contributed by atoms with Gasteiger partial charge in [0.2, 0.25) is 0 Å². The summed E-state index contributed by atoms with van der Waals surface area (Å²) in [4.78, 5) is 16.7. The average molecular weight is 378 g/mol. The van der Waals surface area contributed by atoms with Crippen molar-refractivity contribution in [3.63, 3.8) is 0 Å². The lowest BCUT2D eigenvalue weighted by Crippen LogP contribution is -2.40. The molecule has 1 fully saturated rings. The van der Waals surface area contributed by atoms with Gasteiger partial charge in [-0.3, -0.25) is 9.89 Å². The summed E-state index contributed by atoms with van der Waals surface area (Å²) in [5, 5.41) is 9.73. The number of nitrogens with zero attached hydrogens (tertiary/aromatic N) is 2. The molecule has 1 aliphatic carbocycles. The van der Waals surface area contributed by atoms with E-state index in [0.717, 1.165) is 29.7 Å². The molecule has 27 heavy (non-hydrogen) atoms. The second-order valence-electron chi connectivity index (χ2n) is 7.65. The second-order valence-corrected chi connectivity index (χ2v) is 8.63. The van der Waals surface area contributed by atoms with Crippen LogP contribution in [0.4, 0.5) is 0 Å². The van der Waals surface area contributed by atoms with Gasteiger partial charge in [-0.05, 0) is 31.2 Å². The van der Waals surface area contributed by atoms with E-state index < -0.39 is 0 Å². The number of aryl methyl sites for hydroxylation is 1. The maximum Gasteiger partial charge on any atom is 0.273 e. The molecule has 0 saturated heterocycles. The van der Waals surface area contributed by atoms with E-state index in [1.807, 2.05) is 0 Å². The Morgan fingerprint density at radius 1 is 1.11 bits per heavy atom. The van der Waals surface area contributed by atoms with Crippen LogP contribution in [-0.4, -0.2) is 27.0 Å². The minimum atomic E-state index is -0.0225. The van der Waals surface area contributed by atoms with Crippen LogP contribution < -0.4 is 0 Å². The predicted molar refractivity (Wildman–Crippen MR) is 108 cm³/mol. The Labute approximate surface area is 163 Å². The van der Waals surface area contributed by atoms with Crippen LogP contribution in [0.2, 0.25) is 0 Å². The molecule has 1 unspecified atom stereocenters. The van der Waals surface area contributed by atoms with Gasteiger partial charge in [0.25, 0.3) is 5.91 Å². The normalized spacial score (nSPS) is 20.3. The van der Waals surface area contributed by atoms with Crippen LogP contribution in [0.25, 0.3) is 11.3 Å². The van der Waals surface area contributed by atoms with Gasteiger partial charge in [-0.15, -0.1) is 11.3 Å². The van der Waals surface area contributed by atoms with E-state index in [2.05, 4.69) is 63.8 Å². The predicted octanol–water partition coefficient (Wildman–Crippen LogP) is 5.32. The van der Waals surface area contributed by atoms with Crippen LogP contribution in [0.5, 0.6) is 0 Å². The van der Waals surface area contributed by atoms with Gasteiger partial charge in [0.15, 0.2) is 0 Å². The topological polar surface area (TPSA) is 49.0 Å². The van der Waals surface area contributed by atoms with E-state index in [1.54, 1.807) is 11.3 Å². The van der Waals surface area contributed by atoms with Gasteiger partial charge in [0, 0.05) is 22.0 Å². The number of aromatic nitrogens is 2. The lowest BCUT2D eigenvalue weighted by molar-refractivity contribution is 0.0609. The number of nitrogens with one attached hydrogen (secondary N) is 1. The molecule has 5 rings (SSSR count). The van der Waals surface area contributed by atoms with E-state index in [1.165, 1.54) is 29.7 Å². The molecule has 1 atom stereocenters. The molecule has 2 aliphatic rings. The van der Waals surface area contributed by atoms with Gasteiger partial charge < -0.3 is 4.90 Å². The number of amides is 1. The smallest absolute Gasteiger partial charge is 0.273 e. The molecule has 3 aromatic rings. The molecule has 0 spiro atoms. The van der Waals surface area contributed by atoms with E-state index >= 15 is 0 Å². The van der Waals surface area contributed by atoms with Gasteiger partial charge in [-0.25, -0.2) is 0 Å². The van der Waals surface area contributed by atoms with Crippen LogP contribution in [0.3, 0.4) is 0 Å². The molecule has 1 saturated carbocycles. The fourth-order valence-electron chi connectivity index (χ4n) is 4.56. The van der Waals surface area contributed by atoms with Gasteiger partial charge >= 0.3 is 0 Å². The van der Waals surface area contributed by atoms with Crippen LogP contribution >= 0.6 is 11.3 Å². The number of fused-ring (bicyclic) bond motifs is 1. The number of carbonyl (C=O) groups excluding carboxylic acids is 1. The molecule has 4 nitrogen and oxygen atoms in total. The Bertz CT molecular complexity index is 952. The summed E-state index contributed by atoms with van der Waals surface area (Å²) in [6.45, 7) is 2.08. The molecule has 1 amide bonds. The van der Waals surface area contributed by atoms with Crippen molar-refractivity contribution in [3.05, 3.63) is 63.5 Å². The van der Waals surface area contributed by atoms with Crippen LogP contribution in [0.1, 0.15) is 64.6 Å². The Morgan fingerprint density at radius 3 is 2.59 bits per heavy atom. The Hall–Kier alpha value is -2.40. The monoisotopic (exact) mass is 377 g/mol. The zero-order valence-corrected chi connectivity index (χ0v) is 16.3. The van der Waals surface area contributed by atoms with Crippen molar-refractivity contribution in [2.75, 3.05) is 0 Å². The molecule has 0 bridgehead atoms. The van der Waals surface area contributed by atoms with Gasteiger partial charge in [-0.2, -0.15) is 5.10 Å². The first-order valence-electron chi connectivity index (χ1n) is 9.75. The maximum absolute atomic E-state index is 13.4. The number of hydrogen-bond acceptors (Lipinski definition) is 3. The summed E-state index contributed by atoms with van der Waals surface area (Å²) >= 11 is 1.73. The van der Waals surface area contributed by atoms with E-state index in [-0.39, 0.29) is 11.9 Å². The number of hydrogen-bond donors (Lipinski definition) is 1. The van der Waals surface area contributed by atoms with Crippen molar-refractivity contribution >= 4 is 17.2 Å². The van der Waals surface area contributed by atoms with Gasteiger partial charge in [-0.1, -0.05) is 55.2 Å². The molecule has 1 aromatic carbocycles. The second kappa shape index (κ2) is 6.64. The van der Waals surface area contributed by atoms with Crippen molar-refractivity contribution < 1.29 is 4.79 Å². The average Bonchev–Trinajstić information content (AvgIpc) is 3.41. The van der Waals surface area contributed by atoms with Gasteiger partial charge in [0.1, 0.15) is 5.69 Å². The first kappa shape index (κ1) is 16.8. The molecule has 2 aromatic heterocycles. The number of thiophene rings is 1. The number of aromatic amines is 1. The third kappa shape index (κ3) is 2.72. The largest absolute Gasteiger partial charge is 0.322 e. The molecular formula is C22H23N3OS. The van der Waals surface area contributed by atoms with Gasteiger partial charge in [0.05, 0.1) is 11.7 Å². The highest BCUT2D eigenvalue weighted by Crippen LogP contribution is 2.46. The minimum absolute atomic E-state index is 0.0225. The highest BCUT2D eigenvalue weighted by molar-refractivity contribution is 7.10. The highest BCUT2D eigenvalue weighted by Gasteiger charge is 2.45. The zero-order chi connectivity index (χ0) is 18.4. The maximum atomic E-state index is 13.4. The molecule has 138 valence electrons. The summed E-state index contributed by atoms with van der Waals surface area (Å²) < 4.78 is 0. The van der Waals surface area contributed by atoms with E-state index in [9.17, 15) is 4.79 Å². The summed E-state index contributed by atoms with van der Waals surface area (Å²) in [5.41, 5.74) is 4.93. The standard InChI is InChI=1S/C22H23N3OS/c1-14-9-11-15(12-10-14)19-18-20(24-23-19)22(26)25(16-6-3-2-4-7-16)21(18)17-8-5-13-27-17/h5,8-13,16,21H,2-4,6-7H2,1H3,(H,23,24). The number of rotatable bonds is 3. The molecule has 1 N–H and O–H groups in total. The quantitative estimate of drug-likeness (QED) is 0.671. The number of benzene rings is 1. The first-order chi connectivity index (χ1) is 13.2. The molecule has 1 aliphatic heterocycles. The van der Waals surface area contributed by atoms with Crippen LogP contribution in [0.15, 0.2) is 41.8 Å². The van der Waals surface area contributed by atoms with Crippen molar-refractivity contribution in [3.8, 4) is 11.3 Å². The Kier molecular flexibility index (Phi) is 4.12. The molecule has 3 heterocycles. The zero-order valence-electron chi connectivity index (χ0n) is 15.4. The van der Waals surface area contributed by atoms with Crippen molar-refractivity contribution in [1.29, 1.82) is 0 Å². The Balaban J connectivity index is 1.64. The van der Waals surface area contributed by atoms with Crippen molar-refractivity contribution in [2.45, 2.75) is 51.1 Å². The minimum Gasteiger partial charge on any atom is -0.322 e. The fourth-order valence-corrected chi connectivity index (χ4v) is 5.39. The summed E-state index contributed by atoms with van der Waals surface area (Å²) in [6, 6.07) is 12.9. The number of H-pyrrole nitrogens is 1. The first-order valence-corrected chi connectivity index (χ1v) is 10.6. The van der Waals surface area contributed by atoms with Crippen molar-refractivity contribution in [2.24, 2.45) is 0 Å². The third-order valence-corrected chi connectivity index (χ3v) is 6.83. The molecule has 0 radical (unpaired) electrons. The summed E-state index contributed by atoms with van der Waals surface area (Å²) in [6.07, 6.45) is 5.91. The van der Waals surface area contributed by atoms with Crippen LogP contribution in [-0.2, 0) is 0 Å². The fraction of sp³-hybridized carbons (Fsp3) is 0.364. The molecule has 5 heteroatoms. The summed E-state index contributed by atoms with van der Waals surface area (Å²) in [5.74, 6) is 0.112.